The predicted octanol–water partition coefficient (Wildman–Crippen LogP) is -2.39. The van der Waals surface area contributed by atoms with Gasteiger partial charge in [0.2, 0.25) is 23.6 Å². The molecule has 0 saturated heterocycles. The normalized spacial score (nSPS) is 14.5. The molecule has 0 rings (SSSR count). The van der Waals surface area contributed by atoms with Gasteiger partial charge in [0.25, 0.3) is 0 Å². The molecule has 0 aliphatic heterocycles. The summed E-state index contributed by atoms with van der Waals surface area (Å²) in [6, 6.07) is -5.37. The molecule has 0 fully saturated rings. The second-order valence-corrected chi connectivity index (χ2v) is 8.33. The van der Waals surface area contributed by atoms with Crippen LogP contribution in [0.3, 0.4) is 0 Å². The first-order valence-corrected chi connectivity index (χ1v) is 11.1. The Morgan fingerprint density at radius 3 is 1.88 bits per heavy atom. The minimum Gasteiger partial charge on any atom is -0.481 e. The molecule has 0 heterocycles. The van der Waals surface area contributed by atoms with E-state index in [0.29, 0.717) is 5.75 Å². The van der Waals surface area contributed by atoms with Crippen molar-refractivity contribution in [3.63, 3.8) is 0 Å². The molecule has 32 heavy (non-hydrogen) atoms. The molecule has 4 amide bonds. The Morgan fingerprint density at radius 1 is 0.875 bits per heavy atom. The number of hydrogen-bond donors (Lipinski definition) is 7. The van der Waals surface area contributed by atoms with Gasteiger partial charge in [-0.2, -0.15) is 11.8 Å². The number of carboxylic acids is 2. The predicted molar refractivity (Wildman–Crippen MR) is 115 cm³/mol. The topological polar surface area (TPSA) is 231 Å². The lowest BCUT2D eigenvalue weighted by Gasteiger charge is -2.26. The average Bonchev–Trinajstić information content (AvgIpc) is 2.66. The van der Waals surface area contributed by atoms with Gasteiger partial charge in [-0.15, -0.1) is 0 Å². The summed E-state index contributed by atoms with van der Waals surface area (Å²) >= 11 is 1.36. The van der Waals surface area contributed by atoms with Gasteiger partial charge in [-0.3, -0.25) is 24.0 Å². The molecule has 0 radical (unpaired) electrons. The van der Waals surface area contributed by atoms with Gasteiger partial charge in [-0.1, -0.05) is 13.8 Å². The number of hydrogen-bond acceptors (Lipinski definition) is 8. The maximum Gasteiger partial charge on any atom is 0.326 e. The molecule has 13 nitrogen and oxygen atoms in total. The van der Waals surface area contributed by atoms with Gasteiger partial charge >= 0.3 is 11.9 Å². The molecule has 182 valence electrons. The van der Waals surface area contributed by atoms with Crippen LogP contribution in [0.4, 0.5) is 0 Å². The van der Waals surface area contributed by atoms with Crippen LogP contribution in [-0.2, 0) is 28.8 Å². The van der Waals surface area contributed by atoms with Crippen molar-refractivity contribution in [3.05, 3.63) is 0 Å². The number of aliphatic carboxylic acids is 2. The molecule has 14 heteroatoms. The molecule has 9 N–H and O–H groups in total. The van der Waals surface area contributed by atoms with Gasteiger partial charge < -0.3 is 37.6 Å². The quantitative estimate of drug-likeness (QED) is 0.132. The van der Waals surface area contributed by atoms with E-state index in [1.165, 1.54) is 11.8 Å². The van der Waals surface area contributed by atoms with Gasteiger partial charge in [-0.25, -0.2) is 4.79 Å². The van der Waals surface area contributed by atoms with Crippen molar-refractivity contribution >= 4 is 47.3 Å². The number of carbonyl (C=O) groups is 6. The van der Waals surface area contributed by atoms with Crippen LogP contribution in [0, 0.1) is 5.92 Å². The van der Waals surface area contributed by atoms with E-state index < -0.39 is 78.5 Å². The lowest BCUT2D eigenvalue weighted by atomic mass is 10.0. The second kappa shape index (κ2) is 14.2. The third kappa shape index (κ3) is 10.9. The summed E-state index contributed by atoms with van der Waals surface area (Å²) in [4.78, 5) is 70.8. The minimum atomic E-state index is -1.59. The van der Waals surface area contributed by atoms with Crippen LogP contribution >= 0.6 is 11.8 Å². The summed E-state index contributed by atoms with van der Waals surface area (Å²) in [5, 5.41) is 25.2. The maximum atomic E-state index is 12.7. The fourth-order valence-corrected chi connectivity index (χ4v) is 2.99. The maximum absolute atomic E-state index is 12.7. The molecule has 0 bridgehead atoms. The number of nitrogens with one attached hydrogen (secondary N) is 3. The monoisotopic (exact) mass is 477 g/mol. The number of carbonyl (C=O) groups excluding carboxylic acids is 4. The Hall–Kier alpha value is -2.87. The highest BCUT2D eigenvalue weighted by molar-refractivity contribution is 7.98. The summed E-state index contributed by atoms with van der Waals surface area (Å²) in [6.07, 6.45) is 0.587. The van der Waals surface area contributed by atoms with Crippen LogP contribution in [0.2, 0.25) is 0 Å². The molecular formula is C18H31N5O8S. The lowest BCUT2D eigenvalue weighted by Crippen LogP contribution is -2.59. The summed E-state index contributed by atoms with van der Waals surface area (Å²) in [5.74, 6) is -6.29. The van der Waals surface area contributed by atoms with E-state index in [-0.39, 0.29) is 6.42 Å². The second-order valence-electron chi connectivity index (χ2n) is 7.35. The van der Waals surface area contributed by atoms with Crippen LogP contribution in [0.25, 0.3) is 0 Å². The molecule has 4 unspecified atom stereocenters. The van der Waals surface area contributed by atoms with Crippen LogP contribution < -0.4 is 27.4 Å². The summed E-state index contributed by atoms with van der Waals surface area (Å²) in [5.41, 5.74) is 10.6. The van der Waals surface area contributed by atoms with Gasteiger partial charge in [-0.05, 0) is 24.3 Å². The highest BCUT2D eigenvalue weighted by Crippen LogP contribution is 2.06. The Labute approximate surface area is 189 Å². The fraction of sp³-hybridized carbons (Fsp3) is 0.667. The molecule has 0 saturated carbocycles. The number of primary amides is 1. The van der Waals surface area contributed by atoms with E-state index >= 15 is 0 Å². The van der Waals surface area contributed by atoms with Gasteiger partial charge in [0.05, 0.1) is 18.9 Å². The van der Waals surface area contributed by atoms with E-state index in [9.17, 15) is 33.9 Å². The van der Waals surface area contributed by atoms with E-state index in [2.05, 4.69) is 16.0 Å². The van der Waals surface area contributed by atoms with Crippen LogP contribution in [0.5, 0.6) is 0 Å². The number of nitrogens with two attached hydrogens (primary N) is 2. The van der Waals surface area contributed by atoms with E-state index in [1.807, 2.05) is 0 Å². The highest BCUT2D eigenvalue weighted by Gasteiger charge is 2.32. The molecular weight excluding hydrogens is 446 g/mol. The number of carboxylic acid groups (broad SMARTS) is 2. The third-order valence-electron chi connectivity index (χ3n) is 4.24. The molecule has 0 aliphatic rings. The van der Waals surface area contributed by atoms with E-state index in [1.54, 1.807) is 20.1 Å². The Bertz CT molecular complexity index is 717. The summed E-state index contributed by atoms with van der Waals surface area (Å²) in [7, 11) is 0. The van der Waals surface area contributed by atoms with Gasteiger partial charge in [0.1, 0.15) is 18.1 Å². The Kier molecular flexibility index (Phi) is 13.0. The largest absolute Gasteiger partial charge is 0.481 e. The zero-order chi connectivity index (χ0) is 25.0. The van der Waals surface area contributed by atoms with Crippen molar-refractivity contribution in [2.24, 2.45) is 17.4 Å². The number of rotatable bonds is 15. The molecule has 0 aliphatic carbocycles. The smallest absolute Gasteiger partial charge is 0.326 e. The molecule has 0 aromatic heterocycles. The Balaban J connectivity index is 5.42. The van der Waals surface area contributed by atoms with Crippen molar-refractivity contribution in [1.29, 1.82) is 0 Å². The number of thioether (sulfide) groups is 1. The molecule has 0 spiro atoms. The summed E-state index contributed by atoms with van der Waals surface area (Å²) in [6.45, 7) is 3.17. The molecule has 4 atom stereocenters. The Morgan fingerprint density at radius 2 is 1.44 bits per heavy atom. The lowest BCUT2D eigenvalue weighted by molar-refractivity contribution is -0.143. The SMILES string of the molecule is CSCCC(NC(=O)C(CC(=O)O)NC(=O)C(NC(=O)C(N)CC(N)=O)C(C)C)C(=O)O. The molecule has 0 aromatic rings. The van der Waals surface area contributed by atoms with E-state index in [4.69, 9.17) is 16.6 Å². The van der Waals surface area contributed by atoms with Crippen molar-refractivity contribution < 1.29 is 39.0 Å². The van der Waals surface area contributed by atoms with Gasteiger partial charge in [0.15, 0.2) is 0 Å². The van der Waals surface area contributed by atoms with Crippen LogP contribution in [0.15, 0.2) is 0 Å². The average molecular weight is 478 g/mol. The summed E-state index contributed by atoms with van der Waals surface area (Å²) < 4.78 is 0. The van der Waals surface area contributed by atoms with Crippen LogP contribution in [-0.4, -0.2) is 82.0 Å². The zero-order valence-corrected chi connectivity index (χ0v) is 18.9. The fourth-order valence-electron chi connectivity index (χ4n) is 2.52. The first-order valence-electron chi connectivity index (χ1n) is 9.68. The van der Waals surface area contributed by atoms with Crippen LogP contribution in [0.1, 0.15) is 33.1 Å². The highest BCUT2D eigenvalue weighted by atomic mass is 32.2. The third-order valence-corrected chi connectivity index (χ3v) is 4.89. The van der Waals surface area contributed by atoms with Crippen molar-refractivity contribution in [2.75, 3.05) is 12.0 Å². The van der Waals surface area contributed by atoms with Crippen molar-refractivity contribution in [3.8, 4) is 0 Å². The zero-order valence-electron chi connectivity index (χ0n) is 18.1. The van der Waals surface area contributed by atoms with Crippen molar-refractivity contribution in [1.82, 2.24) is 16.0 Å². The standard InChI is InChI=1S/C18H31N5O8S/c1-8(2)14(23-15(27)9(19)6-12(20)24)17(29)22-11(7-13(25)26)16(28)21-10(18(30)31)4-5-32-3/h8-11,14H,4-7,19H2,1-3H3,(H2,20,24)(H,21,28)(H,22,29)(H,23,27)(H,25,26)(H,30,31). The van der Waals surface area contributed by atoms with Crippen molar-refractivity contribution in [2.45, 2.75) is 57.3 Å². The first-order chi connectivity index (χ1) is 14.8. The number of amides is 4. The molecule has 0 aromatic carbocycles. The van der Waals surface area contributed by atoms with Gasteiger partial charge in [0, 0.05) is 0 Å². The van der Waals surface area contributed by atoms with E-state index in [0.717, 1.165) is 0 Å². The minimum absolute atomic E-state index is 0.0956. The first kappa shape index (κ1) is 29.1.